The van der Waals surface area contributed by atoms with Gasteiger partial charge in [0.2, 0.25) is 0 Å². The number of fused-ring (bicyclic) bond motifs is 6. The molecular formula is C76H56Cl4N8O4. The van der Waals surface area contributed by atoms with Gasteiger partial charge in [0.1, 0.15) is 0 Å². The first-order valence-electron chi connectivity index (χ1n) is 29.7. The van der Waals surface area contributed by atoms with Gasteiger partial charge in [0, 0.05) is 119 Å². The Bertz CT molecular complexity index is 4740. The third kappa shape index (κ3) is 12.6. The summed E-state index contributed by atoms with van der Waals surface area (Å²) in [6.45, 7) is 0. The number of benzene rings is 8. The summed E-state index contributed by atoms with van der Waals surface area (Å²) in [6.07, 6.45) is 12.0. The minimum atomic E-state index is -0.585. The molecule has 4 aliphatic rings. The first kappa shape index (κ1) is 60.6. The van der Waals surface area contributed by atoms with Crippen LogP contribution in [0, 0.1) is 0 Å². The van der Waals surface area contributed by atoms with E-state index in [0.29, 0.717) is 118 Å². The lowest BCUT2D eigenvalue weighted by atomic mass is 9.86. The quantitative estimate of drug-likeness (QED) is 0.0529. The highest BCUT2D eigenvalue weighted by molar-refractivity contribution is 6.33. The van der Waals surface area contributed by atoms with E-state index >= 15 is 0 Å². The molecule has 0 saturated carbocycles. The number of hydrogen-bond donors (Lipinski definition) is 6. The normalized spacial score (nSPS) is 17.0. The Kier molecular flexibility index (Phi) is 17.8. The summed E-state index contributed by atoms with van der Waals surface area (Å²) in [6, 6.07) is 62.8. The Balaban J connectivity index is 1.03. The molecule has 5 heterocycles. The molecule has 0 radical (unpaired) electrons. The molecule has 4 amide bonds. The molecular weight excluding hydrogens is 1230 g/mol. The van der Waals surface area contributed by atoms with Gasteiger partial charge >= 0.3 is 0 Å². The number of aromatic nitrogens is 1. The number of allylic oxidation sites excluding steroid dienone is 6. The Hall–Kier alpha value is -10.3. The molecule has 1 aromatic heterocycles. The van der Waals surface area contributed by atoms with Crippen LogP contribution in [0.4, 0.5) is 22.7 Å². The third-order valence-corrected chi connectivity index (χ3v) is 17.5. The van der Waals surface area contributed by atoms with Crippen molar-refractivity contribution in [1.82, 2.24) is 10.3 Å². The van der Waals surface area contributed by atoms with Crippen LogP contribution in [-0.4, -0.2) is 46.1 Å². The van der Waals surface area contributed by atoms with Gasteiger partial charge in [-0.2, -0.15) is 0 Å². The summed E-state index contributed by atoms with van der Waals surface area (Å²) in [5.41, 5.74) is 16.0. The summed E-state index contributed by atoms with van der Waals surface area (Å²) in [5, 5.41) is 16.8. The Morgan fingerprint density at radius 3 is 1.24 bits per heavy atom. The molecule has 9 aromatic rings. The summed E-state index contributed by atoms with van der Waals surface area (Å²) < 4.78 is 0. The summed E-state index contributed by atoms with van der Waals surface area (Å²) in [4.78, 5) is 72.4. The first-order chi connectivity index (χ1) is 45.0. The van der Waals surface area contributed by atoms with Crippen molar-refractivity contribution in [2.45, 2.75) is 35.5 Å². The number of alkyl halides is 4. The monoisotopic (exact) mass is 1280 g/mol. The van der Waals surface area contributed by atoms with E-state index in [9.17, 15) is 19.2 Å². The largest absolute Gasteiger partial charge is 0.377 e. The van der Waals surface area contributed by atoms with Crippen molar-refractivity contribution < 1.29 is 19.2 Å². The van der Waals surface area contributed by atoms with Gasteiger partial charge in [0.05, 0.1) is 34.8 Å². The number of amides is 4. The number of aliphatic imine (C=N–C) groups is 2. The van der Waals surface area contributed by atoms with Gasteiger partial charge in [0.25, 0.3) is 23.6 Å². The molecule has 92 heavy (non-hydrogen) atoms. The molecule has 13 rings (SSSR count). The highest BCUT2D eigenvalue weighted by Gasteiger charge is 2.35. The van der Waals surface area contributed by atoms with E-state index in [1.807, 2.05) is 182 Å². The predicted molar refractivity (Wildman–Crippen MR) is 373 cm³/mol. The minimum Gasteiger partial charge on any atom is -0.377 e. The molecule has 0 saturated heterocycles. The van der Waals surface area contributed by atoms with E-state index < -0.39 is 12.0 Å². The number of nitrogens with zero attached hydrogens (tertiary/aromatic N) is 2. The molecule has 6 N–H and O–H groups in total. The molecule has 16 heteroatoms. The molecule has 2 atom stereocenters. The van der Waals surface area contributed by atoms with Crippen LogP contribution >= 0.6 is 46.4 Å². The zero-order valence-corrected chi connectivity index (χ0v) is 52.1. The number of aromatic amines is 1. The fourth-order valence-electron chi connectivity index (χ4n) is 11.9. The van der Waals surface area contributed by atoms with Crippen LogP contribution in [0.3, 0.4) is 0 Å². The number of rotatable bonds is 16. The maximum absolute atomic E-state index is 14.4. The van der Waals surface area contributed by atoms with E-state index in [1.54, 1.807) is 54.6 Å². The number of para-hydroxylation sites is 4. The highest BCUT2D eigenvalue weighted by atomic mass is 35.5. The lowest BCUT2D eigenvalue weighted by Gasteiger charge is -2.27. The third-order valence-electron chi connectivity index (χ3n) is 16.3. The zero-order chi connectivity index (χ0) is 63.2. The number of carbonyl (C=O) groups excluding carboxylic acids is 4. The van der Waals surface area contributed by atoms with Crippen molar-refractivity contribution in [2.75, 3.05) is 21.3 Å². The highest BCUT2D eigenvalue weighted by Crippen LogP contribution is 2.43. The molecule has 0 fully saturated rings. The van der Waals surface area contributed by atoms with Gasteiger partial charge in [-0.15, -0.1) is 46.4 Å². The molecule has 12 nitrogen and oxygen atoms in total. The lowest BCUT2D eigenvalue weighted by Crippen LogP contribution is -2.34. The topological polar surface area (TPSA) is 169 Å². The lowest BCUT2D eigenvalue weighted by molar-refractivity contribution is 0.101. The summed E-state index contributed by atoms with van der Waals surface area (Å²) in [5.74, 6) is -0.953. The average molecular weight is 1290 g/mol. The van der Waals surface area contributed by atoms with Crippen LogP contribution in [0.1, 0.15) is 103 Å². The second-order valence-electron chi connectivity index (χ2n) is 22.2. The van der Waals surface area contributed by atoms with Crippen molar-refractivity contribution in [3.63, 3.8) is 0 Å². The molecule has 8 aromatic carbocycles. The van der Waals surface area contributed by atoms with Gasteiger partial charge in [-0.05, 0) is 143 Å². The zero-order valence-electron chi connectivity index (χ0n) is 49.1. The van der Waals surface area contributed by atoms with Gasteiger partial charge < -0.3 is 31.6 Å². The van der Waals surface area contributed by atoms with Gasteiger partial charge in [-0.1, -0.05) is 127 Å². The van der Waals surface area contributed by atoms with Crippen molar-refractivity contribution in [3.05, 3.63) is 338 Å². The predicted octanol–water partition coefficient (Wildman–Crippen LogP) is 17.3. The SMILES string of the molecule is O=C(Nc1ccccc1C1=C2C=CC(=N2)C(c2ccccc2NC(=O)c2cccc(CCl)c2)C2C=C/C(=C(\c3ccccc3NC(=O)c3cccc(CCl)c3)C3=N/C(=C(/c4ccccc4NC(=O)c4cccc(CCl)c4)c4ccc1[nH]4)C=C3)N2)c1cccc(CCl)c1. The Labute approximate surface area is 551 Å². The second-order valence-corrected chi connectivity index (χ2v) is 23.2. The minimum absolute atomic E-state index is 0.235. The average Bonchev–Trinajstić information content (AvgIpc) is 1.60. The maximum Gasteiger partial charge on any atom is 0.255 e. The smallest absolute Gasteiger partial charge is 0.255 e. The number of anilines is 4. The standard InChI is InChI=1S/C76H56Cl4N8O4/c77-41-45-13-9-17-49(37-45)73(89)85-57-25-5-1-21-53(57)69-61-29-31-63(81-61)70(54-22-2-6-26-58(54)86-74(90)50-18-10-14-46(38-50)42-78)65-33-35-67(83-65)72(56-24-4-8-28-60(56)88-76(92)52-20-12-16-48(40-52)44-80)68-36-34-66(84-68)71(64-32-30-62(69)82-64)55-23-3-7-27-59(55)87-75(91)51-19-11-15-47(39-51)43-79/h1-40,61,69,81,84H,41-44H2,(H,85,89)(H,86,90)(H,87,91)(H,88,92)/b70-63-,71-64?,72-67-. The Morgan fingerprint density at radius 1 is 0.391 bits per heavy atom. The van der Waals surface area contributed by atoms with E-state index in [2.05, 4.69) is 37.6 Å². The number of H-pyrrole nitrogens is 1. The molecule has 4 aliphatic heterocycles. The van der Waals surface area contributed by atoms with Gasteiger partial charge in [0.15, 0.2) is 0 Å². The molecule has 0 spiro atoms. The number of carbonyl (C=O) groups is 4. The molecule has 0 aliphatic carbocycles. The van der Waals surface area contributed by atoms with E-state index in [1.165, 1.54) is 0 Å². The fourth-order valence-corrected chi connectivity index (χ4v) is 12.6. The van der Waals surface area contributed by atoms with Crippen molar-refractivity contribution in [2.24, 2.45) is 9.98 Å². The van der Waals surface area contributed by atoms with Crippen molar-refractivity contribution in [3.8, 4) is 0 Å². The first-order valence-corrected chi connectivity index (χ1v) is 31.8. The van der Waals surface area contributed by atoms with Gasteiger partial charge in [-0.3, -0.25) is 24.2 Å². The molecule has 452 valence electrons. The van der Waals surface area contributed by atoms with Crippen LogP contribution < -0.4 is 26.6 Å². The van der Waals surface area contributed by atoms with Crippen molar-refractivity contribution >= 4 is 121 Å². The molecule has 2 unspecified atom stereocenters. The maximum atomic E-state index is 14.4. The number of hydrogen-bond acceptors (Lipinski definition) is 7. The summed E-state index contributed by atoms with van der Waals surface area (Å²) >= 11 is 25.1. The van der Waals surface area contributed by atoms with E-state index in [4.69, 9.17) is 56.4 Å². The number of halogens is 4. The van der Waals surface area contributed by atoms with Crippen LogP contribution in [0.5, 0.6) is 0 Å². The second kappa shape index (κ2) is 27.0. The van der Waals surface area contributed by atoms with Crippen molar-refractivity contribution in [1.29, 1.82) is 0 Å². The van der Waals surface area contributed by atoms with E-state index in [-0.39, 0.29) is 47.1 Å². The van der Waals surface area contributed by atoms with Crippen LogP contribution in [0.15, 0.2) is 270 Å². The van der Waals surface area contributed by atoms with Crippen LogP contribution in [0.25, 0.3) is 16.7 Å². The van der Waals surface area contributed by atoms with E-state index in [0.717, 1.165) is 27.8 Å². The van der Waals surface area contributed by atoms with Crippen LogP contribution in [-0.2, 0) is 23.5 Å². The van der Waals surface area contributed by atoms with Crippen LogP contribution in [0.2, 0.25) is 0 Å². The van der Waals surface area contributed by atoms with Gasteiger partial charge in [-0.25, -0.2) is 4.99 Å². The number of nitrogens with one attached hydrogen (secondary N) is 6. The molecule has 8 bridgehead atoms. The summed E-state index contributed by atoms with van der Waals surface area (Å²) in [7, 11) is 0. The fraction of sp³-hybridized carbons (Fsp3) is 0.0789. The Morgan fingerprint density at radius 2 is 0.783 bits per heavy atom.